The quantitative estimate of drug-likeness (QED) is 0.865. The molecule has 0 unspecified atom stereocenters. The van der Waals surface area contributed by atoms with Crippen LogP contribution in [0.4, 0.5) is 11.5 Å². The zero-order valence-electron chi connectivity index (χ0n) is 13.1. The Balaban J connectivity index is 2.03. The van der Waals surface area contributed by atoms with Gasteiger partial charge in [-0.1, -0.05) is 0 Å². The van der Waals surface area contributed by atoms with Crippen LogP contribution >= 0.6 is 0 Å². The largest absolute Gasteiger partial charge is 0.496 e. The first-order valence-corrected chi connectivity index (χ1v) is 7.35. The van der Waals surface area contributed by atoms with E-state index in [0.29, 0.717) is 0 Å². The minimum atomic E-state index is 0.850. The summed E-state index contributed by atoms with van der Waals surface area (Å²) in [6, 6.07) is 6.22. The fraction of sp³-hybridized carbons (Fsp3) is 0.412. The van der Waals surface area contributed by atoms with E-state index in [1.165, 1.54) is 17.7 Å². The number of nitrogens with zero attached hydrogens (tertiary/aromatic N) is 3. The Hall–Kier alpha value is -2.10. The van der Waals surface area contributed by atoms with Crippen LogP contribution in [0, 0.1) is 13.8 Å². The molecule has 2 aromatic rings. The summed E-state index contributed by atoms with van der Waals surface area (Å²) in [6.07, 6.45) is 3.32. The van der Waals surface area contributed by atoms with E-state index < -0.39 is 0 Å². The number of benzene rings is 1. The first kappa shape index (κ1) is 13.9. The molecular weight excluding hydrogens is 262 g/mol. The number of hydrogen-bond donors (Lipinski definition) is 0. The van der Waals surface area contributed by atoms with E-state index in [-0.39, 0.29) is 0 Å². The fourth-order valence-corrected chi connectivity index (χ4v) is 3.00. The Bertz CT molecular complexity index is 682. The summed E-state index contributed by atoms with van der Waals surface area (Å²) in [5.74, 6) is 2.80. The number of rotatable bonds is 3. The van der Waals surface area contributed by atoms with E-state index in [4.69, 9.17) is 4.74 Å². The number of methoxy groups -OCH3 is 1. The lowest BCUT2D eigenvalue weighted by Crippen LogP contribution is -2.15. The van der Waals surface area contributed by atoms with Crippen molar-refractivity contribution in [2.24, 2.45) is 0 Å². The van der Waals surface area contributed by atoms with Gasteiger partial charge in [0.25, 0.3) is 0 Å². The zero-order chi connectivity index (χ0) is 15.0. The van der Waals surface area contributed by atoms with Crippen molar-refractivity contribution in [3.8, 4) is 5.75 Å². The molecule has 0 fully saturated rings. The first-order valence-electron chi connectivity index (χ1n) is 7.35. The molecule has 4 nitrogen and oxygen atoms in total. The molecule has 1 aliphatic rings. The molecule has 0 bridgehead atoms. The van der Waals surface area contributed by atoms with Crippen LogP contribution in [0.2, 0.25) is 0 Å². The van der Waals surface area contributed by atoms with E-state index >= 15 is 0 Å². The first-order chi connectivity index (χ1) is 10.1. The third-order valence-electron chi connectivity index (χ3n) is 4.11. The smallest absolute Gasteiger partial charge is 0.139 e. The van der Waals surface area contributed by atoms with Gasteiger partial charge in [0, 0.05) is 24.0 Å². The number of hydrogen-bond acceptors (Lipinski definition) is 4. The van der Waals surface area contributed by atoms with Crippen molar-refractivity contribution >= 4 is 11.5 Å². The molecule has 1 aromatic carbocycles. The maximum atomic E-state index is 5.33. The third-order valence-corrected chi connectivity index (χ3v) is 4.11. The Kier molecular flexibility index (Phi) is 3.53. The maximum Gasteiger partial charge on any atom is 0.139 e. The lowest BCUT2D eigenvalue weighted by Gasteiger charge is -2.22. The second-order valence-corrected chi connectivity index (χ2v) is 5.59. The normalized spacial score (nSPS) is 13.1. The van der Waals surface area contributed by atoms with Gasteiger partial charge in [0.15, 0.2) is 0 Å². The number of aryl methyl sites for hydroxylation is 3. The van der Waals surface area contributed by atoms with Crippen LogP contribution in [0.15, 0.2) is 18.2 Å². The van der Waals surface area contributed by atoms with Crippen LogP contribution in [0.25, 0.3) is 0 Å². The Labute approximate surface area is 125 Å². The van der Waals surface area contributed by atoms with Gasteiger partial charge in [0.05, 0.1) is 7.11 Å². The highest BCUT2D eigenvalue weighted by Gasteiger charge is 2.21. The molecule has 0 N–H and O–H groups in total. The molecule has 0 saturated carbocycles. The van der Waals surface area contributed by atoms with Gasteiger partial charge >= 0.3 is 0 Å². The SMILES string of the molecule is COc1ccc(N(C)c2nc(C)nc3c2CCC3)cc1C. The summed E-state index contributed by atoms with van der Waals surface area (Å²) >= 11 is 0. The molecule has 110 valence electrons. The predicted octanol–water partition coefficient (Wildman–Crippen LogP) is 3.36. The monoisotopic (exact) mass is 283 g/mol. The molecule has 21 heavy (non-hydrogen) atoms. The van der Waals surface area contributed by atoms with Gasteiger partial charge in [-0.15, -0.1) is 0 Å². The summed E-state index contributed by atoms with van der Waals surface area (Å²) < 4.78 is 5.33. The van der Waals surface area contributed by atoms with Crippen molar-refractivity contribution in [1.82, 2.24) is 9.97 Å². The van der Waals surface area contributed by atoms with E-state index in [1.54, 1.807) is 7.11 Å². The van der Waals surface area contributed by atoms with E-state index in [0.717, 1.165) is 41.5 Å². The molecule has 4 heteroatoms. The highest BCUT2D eigenvalue weighted by atomic mass is 16.5. The van der Waals surface area contributed by atoms with Gasteiger partial charge < -0.3 is 9.64 Å². The molecule has 1 aliphatic carbocycles. The number of anilines is 2. The Morgan fingerprint density at radius 2 is 1.95 bits per heavy atom. The lowest BCUT2D eigenvalue weighted by atomic mass is 10.1. The van der Waals surface area contributed by atoms with Gasteiger partial charge in [-0.05, 0) is 56.9 Å². The van der Waals surface area contributed by atoms with E-state index in [9.17, 15) is 0 Å². The van der Waals surface area contributed by atoms with Crippen LogP contribution in [0.3, 0.4) is 0 Å². The van der Waals surface area contributed by atoms with Crippen LogP contribution in [-0.4, -0.2) is 24.1 Å². The lowest BCUT2D eigenvalue weighted by molar-refractivity contribution is 0.412. The molecule has 0 spiro atoms. The second kappa shape index (κ2) is 5.35. The molecule has 3 rings (SSSR count). The number of fused-ring (bicyclic) bond motifs is 1. The summed E-state index contributed by atoms with van der Waals surface area (Å²) in [5, 5.41) is 0. The Morgan fingerprint density at radius 3 is 2.67 bits per heavy atom. The summed E-state index contributed by atoms with van der Waals surface area (Å²) in [4.78, 5) is 11.4. The molecule has 1 heterocycles. The van der Waals surface area contributed by atoms with Crippen LogP contribution in [0.1, 0.15) is 29.1 Å². The van der Waals surface area contributed by atoms with Crippen molar-refractivity contribution < 1.29 is 4.74 Å². The van der Waals surface area contributed by atoms with Gasteiger partial charge in [-0.3, -0.25) is 0 Å². The Morgan fingerprint density at radius 1 is 1.14 bits per heavy atom. The second-order valence-electron chi connectivity index (χ2n) is 5.59. The molecule has 0 saturated heterocycles. The average molecular weight is 283 g/mol. The van der Waals surface area contributed by atoms with Gasteiger partial charge in [0.2, 0.25) is 0 Å². The van der Waals surface area contributed by atoms with Crippen LogP contribution in [0.5, 0.6) is 5.75 Å². The summed E-state index contributed by atoms with van der Waals surface area (Å²) in [6.45, 7) is 4.03. The average Bonchev–Trinajstić information content (AvgIpc) is 2.93. The van der Waals surface area contributed by atoms with E-state index in [2.05, 4.69) is 41.0 Å². The maximum absolute atomic E-state index is 5.33. The summed E-state index contributed by atoms with van der Waals surface area (Å²) in [5.41, 5.74) is 4.77. The zero-order valence-corrected chi connectivity index (χ0v) is 13.1. The van der Waals surface area contributed by atoms with E-state index in [1.807, 2.05) is 13.0 Å². The molecule has 0 amide bonds. The minimum absolute atomic E-state index is 0.850. The fourth-order valence-electron chi connectivity index (χ4n) is 3.00. The van der Waals surface area contributed by atoms with Gasteiger partial charge in [-0.25, -0.2) is 9.97 Å². The standard InChI is InChI=1S/C17H21N3O/c1-11-10-13(8-9-16(11)21-4)20(3)17-14-6-5-7-15(14)18-12(2)19-17/h8-10H,5-7H2,1-4H3. The number of aromatic nitrogens is 2. The van der Waals surface area contributed by atoms with Crippen molar-refractivity contribution in [3.05, 3.63) is 40.8 Å². The highest BCUT2D eigenvalue weighted by molar-refractivity contribution is 5.65. The highest BCUT2D eigenvalue weighted by Crippen LogP contribution is 2.33. The predicted molar refractivity (Wildman–Crippen MR) is 84.6 cm³/mol. The van der Waals surface area contributed by atoms with Gasteiger partial charge in [0.1, 0.15) is 17.4 Å². The number of ether oxygens (including phenoxy) is 1. The van der Waals surface area contributed by atoms with Crippen molar-refractivity contribution in [1.29, 1.82) is 0 Å². The van der Waals surface area contributed by atoms with Gasteiger partial charge in [-0.2, -0.15) is 0 Å². The van der Waals surface area contributed by atoms with Crippen molar-refractivity contribution in [2.75, 3.05) is 19.1 Å². The molecule has 1 aromatic heterocycles. The van der Waals surface area contributed by atoms with Crippen LogP contribution in [-0.2, 0) is 12.8 Å². The third kappa shape index (κ3) is 2.46. The van der Waals surface area contributed by atoms with Crippen LogP contribution < -0.4 is 9.64 Å². The molecule has 0 radical (unpaired) electrons. The topological polar surface area (TPSA) is 38.2 Å². The van der Waals surface area contributed by atoms with Crippen molar-refractivity contribution in [2.45, 2.75) is 33.1 Å². The van der Waals surface area contributed by atoms with Crippen molar-refractivity contribution in [3.63, 3.8) is 0 Å². The summed E-state index contributed by atoms with van der Waals surface area (Å²) in [7, 11) is 3.77. The molecular formula is C17H21N3O. The molecule has 0 atom stereocenters. The molecule has 0 aliphatic heterocycles. The minimum Gasteiger partial charge on any atom is -0.496 e.